The smallest absolute Gasteiger partial charge is 0.258 e. The minimum Gasteiger partial charge on any atom is -0.306 e. The van der Waals surface area contributed by atoms with Crippen LogP contribution in [0, 0.1) is 0 Å². The number of amides is 1. The molecule has 6 heteroatoms. The van der Waals surface area contributed by atoms with Gasteiger partial charge in [-0.3, -0.25) is 9.78 Å². The van der Waals surface area contributed by atoms with Gasteiger partial charge in [0.15, 0.2) is 5.65 Å². The van der Waals surface area contributed by atoms with Crippen LogP contribution in [0.3, 0.4) is 0 Å². The number of carbonyl (C=O) groups is 1. The highest BCUT2D eigenvalue weighted by Gasteiger charge is 2.17. The van der Waals surface area contributed by atoms with Gasteiger partial charge in [0.1, 0.15) is 5.82 Å². The third-order valence-corrected chi connectivity index (χ3v) is 4.88. The standard InChI is InChI=1S/C22H21N5O/c1-3-15(2)18-14-24-27-20(26-22(28)17-10-7-11-23-13-17)12-19(25-21(18)27)16-8-5-4-6-9-16/h4-15H,3H2,1-2H3,(H,26,28). The Hall–Kier alpha value is -3.54. The van der Waals surface area contributed by atoms with E-state index in [9.17, 15) is 4.79 Å². The molecule has 0 aliphatic rings. The van der Waals surface area contributed by atoms with Crippen molar-refractivity contribution in [2.75, 3.05) is 5.32 Å². The lowest BCUT2D eigenvalue weighted by Gasteiger charge is -2.12. The second-order valence-electron chi connectivity index (χ2n) is 6.73. The lowest BCUT2D eigenvalue weighted by molar-refractivity contribution is 0.102. The average Bonchev–Trinajstić information content (AvgIpc) is 3.18. The van der Waals surface area contributed by atoms with Crippen molar-refractivity contribution in [3.05, 3.63) is 78.2 Å². The average molecular weight is 371 g/mol. The SMILES string of the molecule is CCC(C)c1cnn2c(NC(=O)c3cccnc3)cc(-c3ccccc3)nc12. The number of nitrogens with zero attached hydrogens (tertiary/aromatic N) is 4. The number of aromatic nitrogens is 4. The first-order valence-corrected chi connectivity index (χ1v) is 9.33. The van der Waals surface area contributed by atoms with E-state index in [-0.39, 0.29) is 5.91 Å². The molecular weight excluding hydrogens is 350 g/mol. The van der Waals surface area contributed by atoms with Crippen molar-refractivity contribution >= 4 is 17.4 Å². The third-order valence-electron chi connectivity index (χ3n) is 4.88. The fraction of sp³-hybridized carbons (Fsp3) is 0.182. The molecule has 0 saturated carbocycles. The Balaban J connectivity index is 1.84. The van der Waals surface area contributed by atoms with Crippen molar-refractivity contribution in [3.8, 4) is 11.3 Å². The molecule has 1 amide bonds. The first-order valence-electron chi connectivity index (χ1n) is 9.33. The van der Waals surface area contributed by atoms with Crippen molar-refractivity contribution in [1.82, 2.24) is 19.6 Å². The molecule has 4 aromatic rings. The van der Waals surface area contributed by atoms with E-state index >= 15 is 0 Å². The predicted octanol–water partition coefficient (Wildman–Crippen LogP) is 4.56. The number of carbonyl (C=O) groups excluding carboxylic acids is 1. The Kier molecular flexibility index (Phi) is 4.85. The summed E-state index contributed by atoms with van der Waals surface area (Å²) in [6.45, 7) is 4.29. The molecule has 140 valence electrons. The molecule has 1 aromatic carbocycles. The van der Waals surface area contributed by atoms with Gasteiger partial charge in [-0.25, -0.2) is 4.98 Å². The van der Waals surface area contributed by atoms with Crippen molar-refractivity contribution < 1.29 is 4.79 Å². The van der Waals surface area contributed by atoms with Gasteiger partial charge in [-0.1, -0.05) is 44.2 Å². The van der Waals surface area contributed by atoms with E-state index < -0.39 is 0 Å². The topological polar surface area (TPSA) is 72.2 Å². The van der Waals surface area contributed by atoms with E-state index in [1.165, 1.54) is 0 Å². The summed E-state index contributed by atoms with van der Waals surface area (Å²) >= 11 is 0. The van der Waals surface area contributed by atoms with Crippen molar-refractivity contribution in [1.29, 1.82) is 0 Å². The van der Waals surface area contributed by atoms with Crippen molar-refractivity contribution in [2.45, 2.75) is 26.2 Å². The summed E-state index contributed by atoms with van der Waals surface area (Å²) in [4.78, 5) is 21.6. The highest BCUT2D eigenvalue weighted by atomic mass is 16.1. The molecule has 0 aliphatic carbocycles. The largest absolute Gasteiger partial charge is 0.306 e. The van der Waals surface area contributed by atoms with Crippen molar-refractivity contribution in [3.63, 3.8) is 0 Å². The van der Waals surface area contributed by atoms with Crippen LogP contribution in [0.1, 0.15) is 42.1 Å². The lowest BCUT2D eigenvalue weighted by atomic mass is 10.0. The van der Waals surface area contributed by atoms with Crippen LogP contribution in [0.5, 0.6) is 0 Å². The van der Waals surface area contributed by atoms with Crippen LogP contribution in [0.25, 0.3) is 16.9 Å². The fourth-order valence-corrected chi connectivity index (χ4v) is 3.08. The van der Waals surface area contributed by atoms with E-state index in [4.69, 9.17) is 4.98 Å². The highest BCUT2D eigenvalue weighted by molar-refractivity contribution is 6.03. The third kappa shape index (κ3) is 3.36. The van der Waals surface area contributed by atoms with Crippen LogP contribution in [0.2, 0.25) is 0 Å². The van der Waals surface area contributed by atoms with Crippen LogP contribution in [-0.2, 0) is 0 Å². The maximum absolute atomic E-state index is 12.7. The molecule has 0 bridgehead atoms. The lowest BCUT2D eigenvalue weighted by Crippen LogP contribution is -2.15. The second kappa shape index (κ2) is 7.60. The van der Waals surface area contributed by atoms with E-state index in [0.29, 0.717) is 17.3 Å². The number of benzene rings is 1. The van der Waals surface area contributed by atoms with Crippen molar-refractivity contribution in [2.24, 2.45) is 0 Å². The summed E-state index contributed by atoms with van der Waals surface area (Å²) < 4.78 is 1.70. The molecule has 3 aromatic heterocycles. The highest BCUT2D eigenvalue weighted by Crippen LogP contribution is 2.28. The minimum absolute atomic E-state index is 0.236. The maximum atomic E-state index is 12.7. The first kappa shape index (κ1) is 17.9. The first-order chi connectivity index (χ1) is 13.7. The molecule has 0 radical (unpaired) electrons. The van der Waals surface area contributed by atoms with Gasteiger partial charge in [0, 0.05) is 29.6 Å². The Bertz CT molecular complexity index is 1110. The molecule has 3 heterocycles. The van der Waals surface area contributed by atoms with Gasteiger partial charge < -0.3 is 5.32 Å². The molecular formula is C22H21N5O. The van der Waals surface area contributed by atoms with Gasteiger partial charge in [0.2, 0.25) is 0 Å². The van der Waals surface area contributed by atoms with Gasteiger partial charge in [-0.2, -0.15) is 9.61 Å². The molecule has 0 saturated heterocycles. The van der Waals surface area contributed by atoms with E-state index in [2.05, 4.69) is 29.2 Å². The summed E-state index contributed by atoms with van der Waals surface area (Å²) in [5, 5.41) is 7.46. The Morgan fingerprint density at radius 1 is 1.14 bits per heavy atom. The zero-order valence-electron chi connectivity index (χ0n) is 15.8. The monoisotopic (exact) mass is 371 g/mol. The summed E-state index contributed by atoms with van der Waals surface area (Å²) in [6, 6.07) is 15.2. The van der Waals surface area contributed by atoms with Crippen LogP contribution in [0.15, 0.2) is 67.1 Å². The Morgan fingerprint density at radius 2 is 1.96 bits per heavy atom. The second-order valence-corrected chi connectivity index (χ2v) is 6.73. The summed E-state index contributed by atoms with van der Waals surface area (Å²) in [5.41, 5.74) is 4.09. The van der Waals surface area contributed by atoms with Gasteiger partial charge in [-0.05, 0) is 24.5 Å². The number of fused-ring (bicyclic) bond motifs is 1. The molecule has 4 rings (SSSR count). The fourth-order valence-electron chi connectivity index (χ4n) is 3.08. The number of hydrogen-bond donors (Lipinski definition) is 1. The number of pyridine rings is 1. The molecule has 0 fully saturated rings. The van der Waals surface area contributed by atoms with Gasteiger partial charge in [0.05, 0.1) is 17.5 Å². The normalized spacial score (nSPS) is 12.1. The quantitative estimate of drug-likeness (QED) is 0.558. The molecule has 28 heavy (non-hydrogen) atoms. The van der Waals surface area contributed by atoms with E-state index in [0.717, 1.165) is 28.9 Å². The van der Waals surface area contributed by atoms with Gasteiger partial charge in [-0.15, -0.1) is 0 Å². The zero-order valence-corrected chi connectivity index (χ0v) is 15.8. The number of rotatable bonds is 5. The van der Waals surface area contributed by atoms with Crippen LogP contribution in [-0.4, -0.2) is 25.5 Å². The summed E-state index contributed by atoms with van der Waals surface area (Å²) in [5.74, 6) is 0.658. The summed E-state index contributed by atoms with van der Waals surface area (Å²) in [6.07, 6.45) is 6.00. The molecule has 1 N–H and O–H groups in total. The number of anilines is 1. The van der Waals surface area contributed by atoms with Crippen LogP contribution in [0.4, 0.5) is 5.82 Å². The molecule has 0 spiro atoms. The Labute approximate surface area is 163 Å². The van der Waals surface area contributed by atoms with E-state index in [1.807, 2.05) is 42.6 Å². The van der Waals surface area contributed by atoms with Crippen LogP contribution < -0.4 is 5.32 Å². The molecule has 1 atom stereocenters. The maximum Gasteiger partial charge on any atom is 0.258 e. The number of hydrogen-bond acceptors (Lipinski definition) is 4. The Morgan fingerprint density at radius 3 is 2.68 bits per heavy atom. The van der Waals surface area contributed by atoms with Gasteiger partial charge >= 0.3 is 0 Å². The molecule has 0 aliphatic heterocycles. The van der Waals surface area contributed by atoms with Gasteiger partial charge in [0.25, 0.3) is 5.91 Å². The molecule has 6 nitrogen and oxygen atoms in total. The van der Waals surface area contributed by atoms with Crippen LogP contribution >= 0.6 is 0 Å². The summed E-state index contributed by atoms with van der Waals surface area (Å²) in [7, 11) is 0. The minimum atomic E-state index is -0.236. The number of nitrogens with one attached hydrogen (secondary N) is 1. The zero-order chi connectivity index (χ0) is 19.5. The predicted molar refractivity (Wildman–Crippen MR) is 109 cm³/mol. The molecule has 1 unspecified atom stereocenters. The van der Waals surface area contributed by atoms with E-state index in [1.54, 1.807) is 29.0 Å².